The van der Waals surface area contributed by atoms with Gasteiger partial charge in [0.2, 0.25) is 17.8 Å². The van der Waals surface area contributed by atoms with Gasteiger partial charge in [0.25, 0.3) is 0 Å². The fourth-order valence-corrected chi connectivity index (χ4v) is 1.63. The second-order valence-electron chi connectivity index (χ2n) is 5.26. The van der Waals surface area contributed by atoms with E-state index in [9.17, 15) is 0 Å². The Balaban J connectivity index is 2.46. The number of rotatable bonds is 10. The Hall–Kier alpha value is -1.63. The maximum atomic E-state index is 5.51. The maximum Gasteiger partial charge on any atom is 0.231 e. The van der Waals surface area contributed by atoms with Crippen LogP contribution in [0.4, 0.5) is 17.8 Å². The van der Waals surface area contributed by atoms with E-state index >= 15 is 0 Å². The number of hydrogen-bond acceptors (Lipinski definition) is 7. The van der Waals surface area contributed by atoms with Crippen LogP contribution in [0.5, 0.6) is 0 Å². The third kappa shape index (κ3) is 7.08. The van der Waals surface area contributed by atoms with E-state index in [0.717, 1.165) is 32.5 Å². The van der Waals surface area contributed by atoms with E-state index in [4.69, 9.17) is 4.74 Å². The van der Waals surface area contributed by atoms with Gasteiger partial charge in [-0.15, -0.1) is 0 Å². The summed E-state index contributed by atoms with van der Waals surface area (Å²) in [7, 11) is 3.83. The molecule has 0 saturated heterocycles. The van der Waals surface area contributed by atoms with Gasteiger partial charge in [-0.05, 0) is 33.6 Å². The van der Waals surface area contributed by atoms with Crippen molar-refractivity contribution in [2.24, 2.45) is 0 Å². The second kappa shape index (κ2) is 9.33. The first-order valence-corrected chi connectivity index (χ1v) is 7.55. The monoisotopic (exact) mass is 296 g/mol. The third-order valence-corrected chi connectivity index (χ3v) is 2.66. The van der Waals surface area contributed by atoms with E-state index in [2.05, 4.69) is 25.6 Å². The van der Waals surface area contributed by atoms with Gasteiger partial charge in [0, 0.05) is 33.8 Å². The van der Waals surface area contributed by atoms with Crippen molar-refractivity contribution in [3.8, 4) is 0 Å². The summed E-state index contributed by atoms with van der Waals surface area (Å²) in [6, 6.07) is 0. The smallest absolute Gasteiger partial charge is 0.231 e. The summed E-state index contributed by atoms with van der Waals surface area (Å²) in [5.74, 6) is 1.85. The number of hydrogen-bond donors (Lipinski definition) is 2. The molecule has 21 heavy (non-hydrogen) atoms. The predicted molar refractivity (Wildman–Crippen MR) is 87.1 cm³/mol. The lowest BCUT2D eigenvalue weighted by Crippen LogP contribution is -2.17. The number of aromatic nitrogens is 3. The van der Waals surface area contributed by atoms with Crippen molar-refractivity contribution < 1.29 is 4.74 Å². The summed E-state index contributed by atoms with van der Waals surface area (Å²) in [5.41, 5.74) is 0. The Morgan fingerprint density at radius 2 is 1.71 bits per heavy atom. The summed E-state index contributed by atoms with van der Waals surface area (Å²) >= 11 is 0. The van der Waals surface area contributed by atoms with Crippen LogP contribution in [0.3, 0.4) is 0 Å². The molecule has 0 atom stereocenters. The van der Waals surface area contributed by atoms with Crippen molar-refractivity contribution in [3.63, 3.8) is 0 Å². The van der Waals surface area contributed by atoms with Gasteiger partial charge in [-0.25, -0.2) is 0 Å². The number of ether oxygens (including phenoxy) is 1. The van der Waals surface area contributed by atoms with Gasteiger partial charge >= 0.3 is 0 Å². The summed E-state index contributed by atoms with van der Waals surface area (Å²) in [4.78, 5) is 14.9. The average Bonchev–Trinajstić information content (AvgIpc) is 2.42. The van der Waals surface area contributed by atoms with Crippen molar-refractivity contribution in [1.29, 1.82) is 0 Å². The first-order chi connectivity index (χ1) is 10.0. The molecule has 0 radical (unpaired) electrons. The summed E-state index contributed by atoms with van der Waals surface area (Å²) in [6.45, 7) is 8.51. The zero-order chi connectivity index (χ0) is 15.7. The van der Waals surface area contributed by atoms with Crippen LogP contribution >= 0.6 is 0 Å². The van der Waals surface area contributed by atoms with Gasteiger partial charge in [0.05, 0.1) is 6.10 Å². The van der Waals surface area contributed by atoms with Crippen LogP contribution in [0.1, 0.15) is 33.6 Å². The molecule has 0 spiro atoms. The summed E-state index contributed by atoms with van der Waals surface area (Å²) < 4.78 is 5.51. The highest BCUT2D eigenvalue weighted by molar-refractivity contribution is 5.42. The molecule has 120 valence electrons. The van der Waals surface area contributed by atoms with Gasteiger partial charge in [-0.1, -0.05) is 0 Å². The first-order valence-electron chi connectivity index (χ1n) is 7.55. The van der Waals surface area contributed by atoms with Gasteiger partial charge in [0.1, 0.15) is 0 Å². The van der Waals surface area contributed by atoms with Crippen LogP contribution in [0, 0.1) is 0 Å². The molecule has 2 N–H and O–H groups in total. The molecule has 1 rings (SSSR count). The molecule has 7 nitrogen and oxygen atoms in total. The quantitative estimate of drug-likeness (QED) is 0.639. The molecule has 0 aliphatic carbocycles. The highest BCUT2D eigenvalue weighted by Crippen LogP contribution is 2.11. The standard InChI is InChI=1S/C14H28N6O/c1-6-15-12-17-13(19-14(18-12)20(4)5)16-9-7-8-10-21-11(2)3/h11H,6-10H2,1-5H3,(H2,15,16,17,18,19). The average molecular weight is 296 g/mol. The fraction of sp³-hybridized carbons (Fsp3) is 0.786. The Morgan fingerprint density at radius 3 is 2.29 bits per heavy atom. The van der Waals surface area contributed by atoms with Crippen molar-refractivity contribution in [3.05, 3.63) is 0 Å². The lowest BCUT2D eigenvalue weighted by atomic mass is 10.3. The SMILES string of the molecule is CCNc1nc(NCCCCOC(C)C)nc(N(C)C)n1. The zero-order valence-electron chi connectivity index (χ0n) is 13.8. The first kappa shape index (κ1) is 17.4. The molecule has 0 bridgehead atoms. The number of unbranched alkanes of at least 4 members (excludes halogenated alkanes) is 1. The number of nitrogens with zero attached hydrogens (tertiary/aromatic N) is 4. The van der Waals surface area contributed by atoms with Gasteiger partial charge in [-0.3, -0.25) is 0 Å². The van der Waals surface area contributed by atoms with Crippen LogP contribution in [-0.2, 0) is 4.74 Å². The summed E-state index contributed by atoms with van der Waals surface area (Å²) in [6.07, 6.45) is 2.34. The Morgan fingerprint density at radius 1 is 1.05 bits per heavy atom. The van der Waals surface area contributed by atoms with Crippen LogP contribution in [0.2, 0.25) is 0 Å². The molecule has 7 heteroatoms. The van der Waals surface area contributed by atoms with Crippen LogP contribution in [0.25, 0.3) is 0 Å². The van der Waals surface area contributed by atoms with Gasteiger partial charge in [0.15, 0.2) is 0 Å². The van der Waals surface area contributed by atoms with E-state index in [1.54, 1.807) is 0 Å². The molecule has 1 aromatic rings. The molecule has 0 unspecified atom stereocenters. The molecule has 0 aromatic carbocycles. The minimum Gasteiger partial charge on any atom is -0.379 e. The highest BCUT2D eigenvalue weighted by Gasteiger charge is 2.07. The van der Waals surface area contributed by atoms with E-state index in [1.807, 2.05) is 39.8 Å². The van der Waals surface area contributed by atoms with E-state index in [0.29, 0.717) is 23.9 Å². The highest BCUT2D eigenvalue weighted by atomic mass is 16.5. The Labute approximate surface area is 127 Å². The fourth-order valence-electron chi connectivity index (χ4n) is 1.63. The van der Waals surface area contributed by atoms with E-state index in [1.165, 1.54) is 0 Å². The van der Waals surface area contributed by atoms with Crippen LogP contribution in [0.15, 0.2) is 0 Å². The normalized spacial score (nSPS) is 10.8. The third-order valence-electron chi connectivity index (χ3n) is 2.66. The summed E-state index contributed by atoms with van der Waals surface area (Å²) in [5, 5.41) is 6.36. The molecular weight excluding hydrogens is 268 g/mol. The van der Waals surface area contributed by atoms with Crippen molar-refractivity contribution in [2.75, 3.05) is 49.3 Å². The Bertz CT molecular complexity index is 410. The van der Waals surface area contributed by atoms with Crippen molar-refractivity contribution >= 4 is 17.8 Å². The molecule has 0 fully saturated rings. The van der Waals surface area contributed by atoms with Crippen LogP contribution < -0.4 is 15.5 Å². The minimum atomic E-state index is 0.298. The molecular formula is C14H28N6O. The molecule has 0 saturated carbocycles. The van der Waals surface area contributed by atoms with Gasteiger partial charge in [-0.2, -0.15) is 15.0 Å². The molecule has 1 heterocycles. The van der Waals surface area contributed by atoms with Crippen molar-refractivity contribution in [2.45, 2.75) is 39.7 Å². The number of nitrogens with one attached hydrogen (secondary N) is 2. The lowest BCUT2D eigenvalue weighted by molar-refractivity contribution is 0.0765. The largest absolute Gasteiger partial charge is 0.379 e. The lowest BCUT2D eigenvalue weighted by Gasteiger charge is -2.13. The zero-order valence-corrected chi connectivity index (χ0v) is 13.8. The predicted octanol–water partition coefficient (Wildman–Crippen LogP) is 1.99. The van der Waals surface area contributed by atoms with Crippen molar-refractivity contribution in [1.82, 2.24) is 15.0 Å². The van der Waals surface area contributed by atoms with E-state index < -0.39 is 0 Å². The van der Waals surface area contributed by atoms with Crippen LogP contribution in [-0.4, -0.2) is 54.8 Å². The topological polar surface area (TPSA) is 75.2 Å². The van der Waals surface area contributed by atoms with E-state index in [-0.39, 0.29) is 0 Å². The number of anilines is 3. The molecule has 0 aliphatic heterocycles. The molecule has 1 aromatic heterocycles. The minimum absolute atomic E-state index is 0.298. The molecule has 0 amide bonds. The molecule has 0 aliphatic rings. The van der Waals surface area contributed by atoms with Gasteiger partial charge < -0.3 is 20.3 Å². The Kier molecular flexibility index (Phi) is 7.74. The second-order valence-corrected chi connectivity index (χ2v) is 5.26. The maximum absolute atomic E-state index is 5.51.